The van der Waals surface area contributed by atoms with Crippen molar-refractivity contribution in [2.24, 2.45) is 0 Å². The molecule has 0 aromatic heterocycles. The first-order chi connectivity index (χ1) is 14.0. The van der Waals surface area contributed by atoms with Crippen LogP contribution in [0.1, 0.15) is 36.0 Å². The van der Waals surface area contributed by atoms with Gasteiger partial charge in [0.05, 0.1) is 19.6 Å². The summed E-state index contributed by atoms with van der Waals surface area (Å²) in [6, 6.07) is 17.1. The number of benzene rings is 2. The number of carbonyl (C=O) groups is 1. The van der Waals surface area contributed by atoms with E-state index in [4.69, 9.17) is 4.74 Å². The minimum absolute atomic E-state index is 0.167. The molecule has 1 saturated heterocycles. The first kappa shape index (κ1) is 19.6. The molecule has 2 unspecified atom stereocenters. The van der Waals surface area contributed by atoms with Gasteiger partial charge in [-0.15, -0.1) is 0 Å². The van der Waals surface area contributed by atoms with Gasteiger partial charge in [0, 0.05) is 25.3 Å². The van der Waals surface area contributed by atoms with Gasteiger partial charge in [-0.3, -0.25) is 4.79 Å². The highest BCUT2D eigenvalue weighted by atomic mass is 16.5. The molecule has 2 aromatic carbocycles. The summed E-state index contributed by atoms with van der Waals surface area (Å²) in [5.74, 6) is 0.996. The van der Waals surface area contributed by atoms with Crippen LogP contribution in [-0.4, -0.2) is 41.9 Å². The molecular formula is C25H30N2O2. The van der Waals surface area contributed by atoms with E-state index in [1.54, 1.807) is 7.11 Å². The molecule has 4 rings (SSSR count). The van der Waals surface area contributed by atoms with Crippen LogP contribution in [0.2, 0.25) is 0 Å². The van der Waals surface area contributed by atoms with Crippen molar-refractivity contribution >= 4 is 5.91 Å². The molecule has 0 saturated carbocycles. The average Bonchev–Trinajstić information content (AvgIpc) is 2.93. The minimum Gasteiger partial charge on any atom is -0.497 e. The van der Waals surface area contributed by atoms with Crippen LogP contribution in [0.5, 0.6) is 5.75 Å². The van der Waals surface area contributed by atoms with Crippen LogP contribution in [0, 0.1) is 6.92 Å². The number of fused-ring (bicyclic) bond motifs is 2. The van der Waals surface area contributed by atoms with E-state index in [0.29, 0.717) is 19.0 Å². The Hall–Kier alpha value is -2.75. The quantitative estimate of drug-likeness (QED) is 0.736. The van der Waals surface area contributed by atoms with Gasteiger partial charge >= 0.3 is 0 Å². The van der Waals surface area contributed by atoms with Crippen LogP contribution in [0.4, 0.5) is 0 Å². The van der Waals surface area contributed by atoms with Crippen LogP contribution in [0.3, 0.4) is 0 Å². The minimum atomic E-state index is 0.167. The van der Waals surface area contributed by atoms with Gasteiger partial charge in [-0.1, -0.05) is 42.0 Å². The number of amides is 1. The van der Waals surface area contributed by atoms with Gasteiger partial charge in [0.25, 0.3) is 0 Å². The van der Waals surface area contributed by atoms with Crippen LogP contribution in [-0.2, 0) is 17.8 Å². The lowest BCUT2D eigenvalue weighted by Crippen LogP contribution is -2.45. The Morgan fingerprint density at radius 3 is 2.45 bits per heavy atom. The van der Waals surface area contributed by atoms with Gasteiger partial charge < -0.3 is 14.5 Å². The molecule has 152 valence electrons. The standard InChI is InChI=1S/C25H30N2O2/c1-18-4-6-20(7-5-18)17-27(23-15-21-10-11-22(16-23)26(21)2)25(28)14-19-8-12-24(29-3)13-9-19/h4-9,12-13,15,22-23H,10-11,14,16-17H2,1-3H3. The van der Waals surface area contributed by atoms with Gasteiger partial charge in [-0.25, -0.2) is 0 Å². The van der Waals surface area contributed by atoms with Crippen molar-refractivity contribution in [1.29, 1.82) is 0 Å². The van der Waals surface area contributed by atoms with Gasteiger partial charge in [0.2, 0.25) is 5.91 Å². The lowest BCUT2D eigenvalue weighted by molar-refractivity contribution is -0.133. The average molecular weight is 391 g/mol. The number of hydrogen-bond acceptors (Lipinski definition) is 3. The number of rotatable bonds is 6. The predicted molar refractivity (Wildman–Crippen MR) is 116 cm³/mol. The van der Waals surface area contributed by atoms with E-state index in [0.717, 1.165) is 24.2 Å². The maximum Gasteiger partial charge on any atom is 0.227 e. The highest BCUT2D eigenvalue weighted by molar-refractivity contribution is 5.79. The molecule has 0 radical (unpaired) electrons. The molecule has 0 aliphatic carbocycles. The Labute approximate surface area is 173 Å². The normalized spacial score (nSPS) is 20.4. The van der Waals surface area contributed by atoms with Crippen LogP contribution >= 0.6 is 0 Å². The maximum atomic E-state index is 13.4. The Balaban J connectivity index is 1.56. The predicted octanol–water partition coefficient (Wildman–Crippen LogP) is 4.33. The van der Waals surface area contributed by atoms with E-state index in [1.807, 2.05) is 24.3 Å². The zero-order valence-corrected chi connectivity index (χ0v) is 17.6. The van der Waals surface area contributed by atoms with Crippen molar-refractivity contribution in [3.63, 3.8) is 0 Å². The van der Waals surface area contributed by atoms with Crippen molar-refractivity contribution in [3.05, 3.63) is 77.0 Å². The molecule has 0 spiro atoms. The molecule has 2 aliphatic rings. The smallest absolute Gasteiger partial charge is 0.227 e. The summed E-state index contributed by atoms with van der Waals surface area (Å²) in [5, 5.41) is 0. The summed E-state index contributed by atoms with van der Waals surface area (Å²) < 4.78 is 5.24. The monoisotopic (exact) mass is 390 g/mol. The summed E-state index contributed by atoms with van der Waals surface area (Å²) in [5.41, 5.74) is 4.83. The summed E-state index contributed by atoms with van der Waals surface area (Å²) in [6.45, 7) is 2.75. The summed E-state index contributed by atoms with van der Waals surface area (Å²) >= 11 is 0. The number of nitrogens with zero attached hydrogens (tertiary/aromatic N) is 2. The Morgan fingerprint density at radius 2 is 1.79 bits per heavy atom. The van der Waals surface area contributed by atoms with Gasteiger partial charge in [0.15, 0.2) is 0 Å². The molecule has 0 N–H and O–H groups in total. The highest BCUT2D eigenvalue weighted by Gasteiger charge is 2.35. The Bertz CT molecular complexity index is 886. The lowest BCUT2D eigenvalue weighted by atomic mass is 10.00. The molecule has 29 heavy (non-hydrogen) atoms. The lowest BCUT2D eigenvalue weighted by Gasteiger charge is -2.38. The number of allylic oxidation sites excluding steroid dienone is 1. The van der Waals surface area contributed by atoms with Gasteiger partial charge in [-0.2, -0.15) is 0 Å². The molecule has 4 nitrogen and oxygen atoms in total. The number of carbonyl (C=O) groups excluding carboxylic acids is 1. The molecule has 1 amide bonds. The maximum absolute atomic E-state index is 13.4. The third-order valence-electron chi connectivity index (χ3n) is 6.34. The van der Waals surface area contributed by atoms with E-state index in [1.165, 1.54) is 23.2 Å². The van der Waals surface area contributed by atoms with Gasteiger partial charge in [-0.05, 0) is 55.5 Å². The topological polar surface area (TPSA) is 32.8 Å². The van der Waals surface area contributed by atoms with E-state index in [-0.39, 0.29) is 11.9 Å². The summed E-state index contributed by atoms with van der Waals surface area (Å²) in [4.78, 5) is 17.9. The number of methoxy groups -OCH3 is 1. The fourth-order valence-electron chi connectivity index (χ4n) is 4.48. The Kier molecular flexibility index (Phi) is 5.61. The molecule has 2 heterocycles. The van der Waals surface area contributed by atoms with E-state index in [2.05, 4.69) is 54.1 Å². The molecule has 2 bridgehead atoms. The zero-order valence-electron chi connectivity index (χ0n) is 17.6. The van der Waals surface area contributed by atoms with Crippen molar-refractivity contribution in [2.75, 3.05) is 14.2 Å². The second-order valence-electron chi connectivity index (χ2n) is 8.30. The van der Waals surface area contributed by atoms with Gasteiger partial charge in [0.1, 0.15) is 5.75 Å². The summed E-state index contributed by atoms with van der Waals surface area (Å²) in [6.07, 6.45) is 6.08. The largest absolute Gasteiger partial charge is 0.497 e. The third kappa shape index (κ3) is 4.31. The fourth-order valence-corrected chi connectivity index (χ4v) is 4.48. The number of ether oxygens (including phenoxy) is 1. The Morgan fingerprint density at radius 1 is 1.10 bits per heavy atom. The fraction of sp³-hybridized carbons (Fsp3) is 0.400. The van der Waals surface area contributed by atoms with Crippen LogP contribution < -0.4 is 4.74 Å². The van der Waals surface area contributed by atoms with Crippen molar-refractivity contribution < 1.29 is 9.53 Å². The van der Waals surface area contributed by atoms with E-state index < -0.39 is 0 Å². The van der Waals surface area contributed by atoms with Crippen molar-refractivity contribution in [2.45, 2.75) is 51.2 Å². The van der Waals surface area contributed by atoms with Crippen molar-refractivity contribution in [3.8, 4) is 5.75 Å². The molecule has 1 fully saturated rings. The second-order valence-corrected chi connectivity index (χ2v) is 8.30. The first-order valence-corrected chi connectivity index (χ1v) is 10.4. The highest BCUT2D eigenvalue weighted by Crippen LogP contribution is 2.35. The molecular weight excluding hydrogens is 360 g/mol. The SMILES string of the molecule is COc1ccc(CC(=O)N(Cc2ccc(C)cc2)C2C=C3CCC(C2)N3C)cc1. The summed E-state index contributed by atoms with van der Waals surface area (Å²) in [7, 11) is 3.84. The molecule has 2 atom stereocenters. The van der Waals surface area contributed by atoms with E-state index >= 15 is 0 Å². The van der Waals surface area contributed by atoms with Crippen LogP contribution in [0.15, 0.2) is 60.3 Å². The molecule has 2 aromatic rings. The number of hydrogen-bond donors (Lipinski definition) is 0. The molecule has 2 aliphatic heterocycles. The van der Waals surface area contributed by atoms with Crippen LogP contribution in [0.25, 0.3) is 0 Å². The first-order valence-electron chi connectivity index (χ1n) is 10.4. The number of aryl methyl sites for hydroxylation is 1. The zero-order chi connectivity index (χ0) is 20.4. The van der Waals surface area contributed by atoms with E-state index in [9.17, 15) is 4.79 Å². The third-order valence-corrected chi connectivity index (χ3v) is 6.34. The molecule has 4 heteroatoms. The second kappa shape index (κ2) is 8.32. The van der Waals surface area contributed by atoms with Crippen molar-refractivity contribution in [1.82, 2.24) is 9.80 Å².